The summed E-state index contributed by atoms with van der Waals surface area (Å²) in [7, 11) is 0. The van der Waals surface area contributed by atoms with E-state index >= 15 is 0 Å². The molecule has 0 spiro atoms. The molecule has 1 aromatic carbocycles. The van der Waals surface area contributed by atoms with Crippen LogP contribution in [0.3, 0.4) is 0 Å². The van der Waals surface area contributed by atoms with Crippen LogP contribution in [-0.2, 0) is 0 Å². The summed E-state index contributed by atoms with van der Waals surface area (Å²) < 4.78 is 6.72. The highest BCUT2D eigenvalue weighted by atomic mass is 16.3. The molecule has 0 aliphatic carbocycles. The summed E-state index contributed by atoms with van der Waals surface area (Å²) in [4.78, 5) is 4.01. The lowest BCUT2D eigenvalue weighted by atomic mass is 10.3. The average Bonchev–Trinajstić information content (AvgIpc) is 2.88. The summed E-state index contributed by atoms with van der Waals surface area (Å²) >= 11 is 0. The lowest BCUT2D eigenvalue weighted by molar-refractivity contribution is 0.601. The summed E-state index contributed by atoms with van der Waals surface area (Å²) in [5, 5.41) is 10.9. The van der Waals surface area contributed by atoms with Gasteiger partial charge in [-0.3, -0.25) is 0 Å². The van der Waals surface area contributed by atoms with Crippen molar-refractivity contribution in [1.29, 1.82) is 0 Å². The second-order valence-electron chi connectivity index (χ2n) is 2.76. The molecule has 6 heteroatoms. The number of tetrazole rings is 1. The fourth-order valence-electron chi connectivity index (χ4n) is 1.27. The first kappa shape index (κ1) is 7.19. The van der Waals surface area contributed by atoms with Gasteiger partial charge < -0.3 is 4.42 Å². The molecule has 0 saturated heterocycles. The molecule has 0 atom stereocenters. The summed E-state index contributed by atoms with van der Waals surface area (Å²) in [5.74, 6) is 0. The highest BCUT2D eigenvalue weighted by molar-refractivity contribution is 5.74. The van der Waals surface area contributed by atoms with Crippen molar-refractivity contribution in [2.45, 2.75) is 0 Å². The molecule has 0 unspecified atom stereocenters. The van der Waals surface area contributed by atoms with E-state index in [-0.39, 0.29) is 0 Å². The van der Waals surface area contributed by atoms with Gasteiger partial charge in [0.1, 0.15) is 11.8 Å². The first-order valence-electron chi connectivity index (χ1n) is 4.00. The SMILES string of the molecule is c1nc2ccc(-n3cnnn3)cc2o1. The predicted molar refractivity (Wildman–Crippen MR) is 46.7 cm³/mol. The van der Waals surface area contributed by atoms with Crippen LogP contribution in [0, 0.1) is 0 Å². The average molecular weight is 187 g/mol. The molecule has 0 aliphatic rings. The van der Waals surface area contributed by atoms with Crippen molar-refractivity contribution in [2.75, 3.05) is 0 Å². The Balaban J connectivity index is 2.23. The van der Waals surface area contributed by atoms with Crippen LogP contribution in [0.4, 0.5) is 0 Å². The van der Waals surface area contributed by atoms with Crippen molar-refractivity contribution < 1.29 is 4.42 Å². The van der Waals surface area contributed by atoms with Gasteiger partial charge in [-0.15, -0.1) is 5.10 Å². The molecule has 0 N–H and O–H groups in total. The van der Waals surface area contributed by atoms with Gasteiger partial charge in [0.05, 0.1) is 5.69 Å². The molecule has 0 bridgehead atoms. The van der Waals surface area contributed by atoms with E-state index in [1.54, 1.807) is 4.68 Å². The van der Waals surface area contributed by atoms with Crippen LogP contribution in [0.2, 0.25) is 0 Å². The maximum atomic E-state index is 5.16. The van der Waals surface area contributed by atoms with E-state index in [4.69, 9.17) is 4.42 Å². The molecule has 3 rings (SSSR count). The maximum Gasteiger partial charge on any atom is 0.181 e. The number of rotatable bonds is 1. The van der Waals surface area contributed by atoms with Crippen LogP contribution >= 0.6 is 0 Å². The minimum atomic E-state index is 0.720. The maximum absolute atomic E-state index is 5.16. The number of nitrogens with zero attached hydrogens (tertiary/aromatic N) is 5. The lowest BCUT2D eigenvalue weighted by Gasteiger charge is -1.96. The predicted octanol–water partition coefficient (Wildman–Crippen LogP) is 0.803. The number of fused-ring (bicyclic) bond motifs is 1. The molecule has 0 saturated carbocycles. The number of hydrogen-bond donors (Lipinski definition) is 0. The van der Waals surface area contributed by atoms with E-state index in [0.29, 0.717) is 0 Å². The Morgan fingerprint density at radius 1 is 1.29 bits per heavy atom. The molecule has 0 radical (unpaired) electrons. The van der Waals surface area contributed by atoms with Gasteiger partial charge >= 0.3 is 0 Å². The Kier molecular flexibility index (Phi) is 1.35. The third-order valence-electron chi connectivity index (χ3n) is 1.93. The van der Waals surface area contributed by atoms with E-state index in [1.807, 2.05) is 18.2 Å². The molecule has 68 valence electrons. The van der Waals surface area contributed by atoms with Gasteiger partial charge in [0, 0.05) is 6.07 Å². The highest BCUT2D eigenvalue weighted by Gasteiger charge is 2.02. The zero-order valence-electron chi connectivity index (χ0n) is 7.03. The molecule has 2 heterocycles. The molecule has 6 nitrogen and oxygen atoms in total. The third-order valence-corrected chi connectivity index (χ3v) is 1.93. The van der Waals surface area contributed by atoms with Crippen LogP contribution < -0.4 is 0 Å². The van der Waals surface area contributed by atoms with Gasteiger partial charge in [-0.2, -0.15) is 0 Å². The summed E-state index contributed by atoms with van der Waals surface area (Å²) in [6.07, 6.45) is 2.94. The molecule has 0 fully saturated rings. The van der Waals surface area contributed by atoms with Gasteiger partial charge in [0.15, 0.2) is 12.0 Å². The fourth-order valence-corrected chi connectivity index (χ4v) is 1.27. The molecular weight excluding hydrogens is 182 g/mol. The topological polar surface area (TPSA) is 69.6 Å². The Morgan fingerprint density at radius 3 is 3.14 bits per heavy atom. The van der Waals surface area contributed by atoms with Gasteiger partial charge in [-0.25, -0.2) is 9.67 Å². The summed E-state index contributed by atoms with van der Waals surface area (Å²) in [6.45, 7) is 0. The molecule has 14 heavy (non-hydrogen) atoms. The van der Waals surface area contributed by atoms with E-state index in [1.165, 1.54) is 12.7 Å². The Bertz CT molecular complexity index is 556. The van der Waals surface area contributed by atoms with E-state index in [9.17, 15) is 0 Å². The molecular formula is C8H5N5O. The Hall–Kier alpha value is -2.24. The zero-order valence-corrected chi connectivity index (χ0v) is 7.03. The zero-order chi connectivity index (χ0) is 9.38. The van der Waals surface area contributed by atoms with E-state index < -0.39 is 0 Å². The van der Waals surface area contributed by atoms with Crippen molar-refractivity contribution in [3.05, 3.63) is 30.9 Å². The summed E-state index contributed by atoms with van der Waals surface area (Å²) in [6, 6.07) is 5.57. The fraction of sp³-hybridized carbons (Fsp3) is 0. The molecule has 3 aromatic rings. The highest BCUT2D eigenvalue weighted by Crippen LogP contribution is 2.15. The van der Waals surface area contributed by atoms with Crippen molar-refractivity contribution >= 4 is 11.1 Å². The van der Waals surface area contributed by atoms with Crippen LogP contribution in [0.25, 0.3) is 16.8 Å². The smallest absolute Gasteiger partial charge is 0.181 e. The van der Waals surface area contributed by atoms with Gasteiger partial charge in [-0.1, -0.05) is 0 Å². The second kappa shape index (κ2) is 2.63. The van der Waals surface area contributed by atoms with Gasteiger partial charge in [0.25, 0.3) is 0 Å². The Labute approximate surface area is 78.2 Å². The molecule has 2 aromatic heterocycles. The van der Waals surface area contributed by atoms with Gasteiger partial charge in [-0.05, 0) is 22.6 Å². The monoisotopic (exact) mass is 187 g/mol. The first-order valence-corrected chi connectivity index (χ1v) is 4.00. The third kappa shape index (κ3) is 0.972. The van der Waals surface area contributed by atoms with Crippen LogP contribution in [0.15, 0.2) is 35.3 Å². The van der Waals surface area contributed by atoms with Crippen molar-refractivity contribution in [1.82, 2.24) is 25.2 Å². The minimum absolute atomic E-state index is 0.720. The van der Waals surface area contributed by atoms with Gasteiger partial charge in [0.2, 0.25) is 0 Å². The molecule has 0 amide bonds. The number of hydrogen-bond acceptors (Lipinski definition) is 5. The first-order chi connectivity index (χ1) is 6.93. The van der Waals surface area contributed by atoms with Crippen LogP contribution in [0.1, 0.15) is 0 Å². The van der Waals surface area contributed by atoms with Crippen LogP contribution in [0.5, 0.6) is 0 Å². The minimum Gasteiger partial charge on any atom is -0.443 e. The lowest BCUT2D eigenvalue weighted by Crippen LogP contribution is -1.94. The Morgan fingerprint density at radius 2 is 2.29 bits per heavy atom. The van der Waals surface area contributed by atoms with Crippen molar-refractivity contribution in [3.8, 4) is 5.69 Å². The van der Waals surface area contributed by atoms with Crippen molar-refractivity contribution in [2.24, 2.45) is 0 Å². The van der Waals surface area contributed by atoms with E-state index in [0.717, 1.165) is 16.8 Å². The van der Waals surface area contributed by atoms with E-state index in [2.05, 4.69) is 20.5 Å². The standard InChI is InChI=1S/C8H5N5O/c1-2-7-8(14-5-9-7)3-6(1)13-4-10-11-12-13/h1-5H. The second-order valence-corrected chi connectivity index (χ2v) is 2.76. The number of oxazole rings is 1. The largest absolute Gasteiger partial charge is 0.443 e. The van der Waals surface area contributed by atoms with Crippen molar-refractivity contribution in [3.63, 3.8) is 0 Å². The normalized spacial score (nSPS) is 10.9. The van der Waals surface area contributed by atoms with Crippen LogP contribution in [-0.4, -0.2) is 25.2 Å². The number of aromatic nitrogens is 5. The molecule has 0 aliphatic heterocycles. The number of benzene rings is 1. The quantitative estimate of drug-likeness (QED) is 0.563. The summed E-state index contributed by atoms with van der Waals surface area (Å²) in [5.41, 5.74) is 2.39.